The molecule has 1 amide bonds. The summed E-state index contributed by atoms with van der Waals surface area (Å²) in [7, 11) is -2.10. The molecule has 8 heteroatoms. The molecule has 0 saturated carbocycles. The van der Waals surface area contributed by atoms with Gasteiger partial charge in [-0.2, -0.15) is 0 Å². The van der Waals surface area contributed by atoms with Gasteiger partial charge in [0.1, 0.15) is 4.88 Å². The number of benzene rings is 2. The third kappa shape index (κ3) is 4.90. The van der Waals surface area contributed by atoms with E-state index in [1.54, 1.807) is 24.1 Å². The van der Waals surface area contributed by atoms with Gasteiger partial charge in [-0.1, -0.05) is 42.5 Å². The summed E-state index contributed by atoms with van der Waals surface area (Å²) in [6.07, 6.45) is 0.676. The molecule has 1 heterocycles. The van der Waals surface area contributed by atoms with Crippen LogP contribution in [0, 0.1) is 6.92 Å². The van der Waals surface area contributed by atoms with E-state index in [-0.39, 0.29) is 16.8 Å². The number of amides is 1. The third-order valence-corrected chi connectivity index (χ3v) is 6.86. The minimum absolute atomic E-state index is 0.0295. The highest BCUT2D eigenvalue weighted by atomic mass is 32.2. The largest absolute Gasteiger partial charge is 0.334 e. The predicted molar refractivity (Wildman–Crippen MR) is 114 cm³/mol. The van der Waals surface area contributed by atoms with E-state index >= 15 is 0 Å². The van der Waals surface area contributed by atoms with Crippen LogP contribution in [0.25, 0.3) is 0 Å². The molecule has 1 unspecified atom stereocenters. The summed E-state index contributed by atoms with van der Waals surface area (Å²) in [5.74, 6) is -0.146. The van der Waals surface area contributed by atoms with Gasteiger partial charge in [-0.3, -0.25) is 4.79 Å². The maximum atomic E-state index is 13.1. The number of thiazole rings is 1. The molecule has 0 aliphatic heterocycles. The lowest BCUT2D eigenvalue weighted by molar-refractivity contribution is 0.0746. The zero-order valence-corrected chi connectivity index (χ0v) is 18.1. The predicted octanol–water partition coefficient (Wildman–Crippen LogP) is 3.52. The van der Waals surface area contributed by atoms with Crippen molar-refractivity contribution in [2.75, 3.05) is 7.05 Å². The standard InChI is InChI=1S/C21H23N3O3S2/c1-14-20(28-19(23-14)12-16-8-5-4-6-9-16)21(25)24(3)15(2)17-10-7-11-18(13-17)29(22,26)27/h4-11,13,15H,12H2,1-3H3,(H2,22,26,27). The van der Waals surface area contributed by atoms with Crippen molar-refractivity contribution in [3.63, 3.8) is 0 Å². The van der Waals surface area contributed by atoms with Crippen LogP contribution in [0.15, 0.2) is 59.5 Å². The monoisotopic (exact) mass is 429 g/mol. The van der Waals surface area contributed by atoms with Crippen LogP contribution in [-0.4, -0.2) is 31.3 Å². The second-order valence-electron chi connectivity index (χ2n) is 6.89. The molecule has 0 fully saturated rings. The molecular formula is C21H23N3O3S2. The maximum Gasteiger partial charge on any atom is 0.266 e. The zero-order valence-electron chi connectivity index (χ0n) is 16.5. The number of carbonyl (C=O) groups excluding carboxylic acids is 1. The molecule has 0 spiro atoms. The van der Waals surface area contributed by atoms with E-state index in [1.165, 1.54) is 23.5 Å². The number of primary sulfonamides is 1. The van der Waals surface area contributed by atoms with E-state index in [9.17, 15) is 13.2 Å². The van der Waals surface area contributed by atoms with Gasteiger partial charge >= 0.3 is 0 Å². The minimum atomic E-state index is -3.80. The molecule has 6 nitrogen and oxygen atoms in total. The lowest BCUT2D eigenvalue weighted by Crippen LogP contribution is -2.29. The highest BCUT2D eigenvalue weighted by Crippen LogP contribution is 2.27. The summed E-state index contributed by atoms with van der Waals surface area (Å²) < 4.78 is 23.2. The zero-order chi connectivity index (χ0) is 21.2. The second-order valence-corrected chi connectivity index (χ2v) is 9.54. The summed E-state index contributed by atoms with van der Waals surface area (Å²) in [4.78, 5) is 19.9. The van der Waals surface area contributed by atoms with Gasteiger partial charge in [0.05, 0.1) is 21.6 Å². The van der Waals surface area contributed by atoms with Crippen LogP contribution in [0.5, 0.6) is 0 Å². The van der Waals surface area contributed by atoms with Crippen LogP contribution >= 0.6 is 11.3 Å². The molecule has 152 valence electrons. The molecule has 0 bridgehead atoms. The van der Waals surface area contributed by atoms with Gasteiger partial charge < -0.3 is 4.90 Å². The number of nitrogens with two attached hydrogens (primary N) is 1. The number of carbonyl (C=O) groups is 1. The van der Waals surface area contributed by atoms with E-state index in [2.05, 4.69) is 4.98 Å². The smallest absolute Gasteiger partial charge is 0.266 e. The quantitative estimate of drug-likeness (QED) is 0.649. The van der Waals surface area contributed by atoms with E-state index in [4.69, 9.17) is 5.14 Å². The first-order valence-electron chi connectivity index (χ1n) is 9.07. The van der Waals surface area contributed by atoms with Crippen molar-refractivity contribution in [1.82, 2.24) is 9.88 Å². The summed E-state index contributed by atoms with van der Waals surface area (Å²) in [5.41, 5.74) is 2.53. The summed E-state index contributed by atoms with van der Waals surface area (Å²) >= 11 is 1.39. The average Bonchev–Trinajstić information content (AvgIpc) is 3.06. The lowest BCUT2D eigenvalue weighted by Gasteiger charge is -2.25. The number of sulfonamides is 1. The number of hydrogen-bond acceptors (Lipinski definition) is 5. The molecule has 0 saturated heterocycles. The van der Waals surface area contributed by atoms with E-state index < -0.39 is 10.0 Å². The molecule has 1 atom stereocenters. The molecule has 0 aliphatic rings. The Hall–Kier alpha value is -2.55. The Bertz CT molecular complexity index is 1130. The second kappa shape index (κ2) is 8.44. The van der Waals surface area contributed by atoms with Gasteiger partial charge in [0, 0.05) is 13.5 Å². The third-order valence-electron chi connectivity index (χ3n) is 4.80. The van der Waals surface area contributed by atoms with Crippen LogP contribution in [-0.2, 0) is 16.4 Å². The molecule has 3 rings (SSSR count). The Morgan fingerprint density at radius 1 is 1.17 bits per heavy atom. The first-order valence-corrected chi connectivity index (χ1v) is 11.4. The van der Waals surface area contributed by atoms with Gasteiger partial charge in [-0.05, 0) is 37.1 Å². The van der Waals surface area contributed by atoms with Gasteiger partial charge in [-0.15, -0.1) is 11.3 Å². The fourth-order valence-electron chi connectivity index (χ4n) is 3.01. The molecule has 2 N–H and O–H groups in total. The van der Waals surface area contributed by atoms with Crippen LogP contribution < -0.4 is 5.14 Å². The Morgan fingerprint density at radius 3 is 2.52 bits per heavy atom. The number of hydrogen-bond donors (Lipinski definition) is 1. The number of aromatic nitrogens is 1. The van der Waals surface area contributed by atoms with E-state index in [0.29, 0.717) is 22.6 Å². The summed E-state index contributed by atoms with van der Waals surface area (Å²) in [6, 6.07) is 16.0. The van der Waals surface area contributed by atoms with Crippen molar-refractivity contribution in [3.8, 4) is 0 Å². The van der Waals surface area contributed by atoms with Gasteiger partial charge in [0.15, 0.2) is 0 Å². The minimum Gasteiger partial charge on any atom is -0.334 e. The van der Waals surface area contributed by atoms with Crippen molar-refractivity contribution in [2.45, 2.75) is 31.2 Å². The average molecular weight is 430 g/mol. The van der Waals surface area contributed by atoms with Crippen molar-refractivity contribution < 1.29 is 13.2 Å². The Morgan fingerprint density at radius 2 is 1.86 bits per heavy atom. The van der Waals surface area contributed by atoms with Crippen LogP contribution in [0.1, 0.15) is 44.5 Å². The first kappa shape index (κ1) is 21.2. The Balaban J connectivity index is 1.81. The Kier molecular flexibility index (Phi) is 6.16. The van der Waals surface area contributed by atoms with Crippen molar-refractivity contribution >= 4 is 27.3 Å². The fourth-order valence-corrected chi connectivity index (χ4v) is 4.66. The van der Waals surface area contributed by atoms with Gasteiger partial charge in [0.2, 0.25) is 10.0 Å². The molecule has 0 aliphatic carbocycles. The van der Waals surface area contributed by atoms with Crippen LogP contribution in [0.3, 0.4) is 0 Å². The Labute approximate surface area is 175 Å². The fraction of sp³-hybridized carbons (Fsp3) is 0.238. The van der Waals surface area contributed by atoms with Crippen LogP contribution in [0.2, 0.25) is 0 Å². The number of nitrogens with zero attached hydrogens (tertiary/aromatic N) is 2. The van der Waals surface area contributed by atoms with Gasteiger partial charge in [0.25, 0.3) is 5.91 Å². The normalized spacial score (nSPS) is 12.6. The molecule has 0 radical (unpaired) electrons. The molecule has 3 aromatic rings. The summed E-state index contributed by atoms with van der Waals surface area (Å²) in [6.45, 7) is 3.68. The van der Waals surface area contributed by atoms with Gasteiger partial charge in [-0.25, -0.2) is 18.5 Å². The SMILES string of the molecule is Cc1nc(Cc2ccccc2)sc1C(=O)N(C)C(C)c1cccc(S(N)(=O)=O)c1. The van der Waals surface area contributed by atoms with E-state index in [0.717, 1.165) is 10.6 Å². The van der Waals surface area contributed by atoms with E-state index in [1.807, 2.05) is 44.2 Å². The highest BCUT2D eigenvalue weighted by molar-refractivity contribution is 7.89. The maximum absolute atomic E-state index is 13.1. The van der Waals surface area contributed by atoms with Crippen molar-refractivity contribution in [3.05, 3.63) is 81.3 Å². The number of aryl methyl sites for hydroxylation is 1. The first-order chi connectivity index (χ1) is 13.7. The molecular weight excluding hydrogens is 406 g/mol. The highest BCUT2D eigenvalue weighted by Gasteiger charge is 2.24. The molecule has 1 aromatic heterocycles. The number of rotatable bonds is 6. The van der Waals surface area contributed by atoms with Crippen molar-refractivity contribution in [2.24, 2.45) is 5.14 Å². The summed E-state index contributed by atoms with van der Waals surface area (Å²) in [5, 5.41) is 6.11. The topological polar surface area (TPSA) is 93.4 Å². The molecule has 29 heavy (non-hydrogen) atoms. The van der Waals surface area contributed by atoms with Crippen molar-refractivity contribution in [1.29, 1.82) is 0 Å². The lowest BCUT2D eigenvalue weighted by atomic mass is 10.1. The molecule has 2 aromatic carbocycles. The van der Waals surface area contributed by atoms with Crippen LogP contribution in [0.4, 0.5) is 0 Å².